The Morgan fingerprint density at radius 1 is 1.00 bits per heavy atom. The van der Waals surface area contributed by atoms with Gasteiger partial charge in [0.1, 0.15) is 29.0 Å². The number of pyridine rings is 1. The van der Waals surface area contributed by atoms with Gasteiger partial charge in [-0.25, -0.2) is 4.98 Å². The Balaban J connectivity index is 1.68. The highest BCUT2D eigenvalue weighted by Crippen LogP contribution is 2.28. The van der Waals surface area contributed by atoms with Crippen LogP contribution in [-0.4, -0.2) is 34.2 Å². The van der Waals surface area contributed by atoms with Gasteiger partial charge >= 0.3 is 0 Å². The molecule has 5 rings (SSSR count). The van der Waals surface area contributed by atoms with Crippen molar-refractivity contribution in [2.75, 3.05) is 12.4 Å². The van der Waals surface area contributed by atoms with Crippen molar-refractivity contribution in [2.45, 2.75) is 12.5 Å². The topological polar surface area (TPSA) is 68.0 Å². The van der Waals surface area contributed by atoms with Crippen LogP contribution in [0, 0.1) is 0 Å². The highest BCUT2D eigenvalue weighted by Gasteiger charge is 2.31. The number of para-hydroxylation sites is 1. The van der Waals surface area contributed by atoms with Gasteiger partial charge in [-0.1, -0.05) is 48.5 Å². The fourth-order valence-electron chi connectivity index (χ4n) is 3.79. The molecule has 1 aliphatic heterocycles. The fraction of sp³-hybridized carbons (Fsp3) is 0.125. The van der Waals surface area contributed by atoms with E-state index in [1.54, 1.807) is 7.11 Å². The number of ether oxygens (including phenoxy) is 1. The largest absolute Gasteiger partial charge is 0.496 e. The number of nitrogens with zero attached hydrogens (tertiary/aromatic N) is 3. The molecule has 3 heterocycles. The molecule has 0 fully saturated rings. The minimum Gasteiger partial charge on any atom is -0.496 e. The molecule has 30 heavy (non-hydrogen) atoms. The lowest BCUT2D eigenvalue weighted by Gasteiger charge is -2.13. The maximum atomic E-state index is 13.6. The lowest BCUT2D eigenvalue weighted by Crippen LogP contribution is -2.23. The van der Waals surface area contributed by atoms with Crippen LogP contribution in [0.2, 0.25) is 0 Å². The molecule has 1 N–H and O–H groups in total. The number of fused-ring (bicyclic) bond motifs is 3. The van der Waals surface area contributed by atoms with Crippen LogP contribution in [0.3, 0.4) is 0 Å². The molecule has 4 aromatic rings. The van der Waals surface area contributed by atoms with Crippen molar-refractivity contribution < 1.29 is 9.53 Å². The van der Waals surface area contributed by atoms with E-state index in [-0.39, 0.29) is 5.78 Å². The number of hydrogen-bond acceptors (Lipinski definition) is 5. The number of rotatable bonds is 4. The summed E-state index contributed by atoms with van der Waals surface area (Å²) in [5, 5.41) is 3.30. The van der Waals surface area contributed by atoms with Crippen LogP contribution in [0.5, 0.6) is 5.75 Å². The molecule has 2 aromatic carbocycles. The van der Waals surface area contributed by atoms with Crippen molar-refractivity contribution in [2.24, 2.45) is 4.99 Å². The van der Waals surface area contributed by atoms with Gasteiger partial charge in [0.05, 0.1) is 12.7 Å². The zero-order valence-corrected chi connectivity index (χ0v) is 16.4. The highest BCUT2D eigenvalue weighted by atomic mass is 16.5. The van der Waals surface area contributed by atoms with E-state index in [1.807, 2.05) is 83.4 Å². The Morgan fingerprint density at radius 3 is 2.60 bits per heavy atom. The first-order valence-electron chi connectivity index (χ1n) is 9.78. The van der Waals surface area contributed by atoms with Gasteiger partial charge in [0.25, 0.3) is 0 Å². The number of benzene rings is 2. The number of ketones is 1. The van der Waals surface area contributed by atoms with Crippen LogP contribution in [0.15, 0.2) is 84.0 Å². The standard InChI is InChI=1S/C24H20N4O2/c1-30-19-12-6-5-11-17(19)23-25-18(15-16-9-3-2-4-10-16)22(29)21-24(27-23)26-20-13-7-8-14-28(20)21/h2-14,18H,15H2,1H3,(H,25,27)/t18-/m0/s1. The normalized spacial score (nSPS) is 15.8. The van der Waals surface area contributed by atoms with E-state index in [4.69, 9.17) is 9.73 Å². The lowest BCUT2D eigenvalue weighted by molar-refractivity contribution is 0.0958. The summed E-state index contributed by atoms with van der Waals surface area (Å²) in [5.41, 5.74) is 3.07. The molecule has 6 heteroatoms. The zero-order chi connectivity index (χ0) is 20.5. The predicted molar refractivity (Wildman–Crippen MR) is 117 cm³/mol. The third-order valence-electron chi connectivity index (χ3n) is 5.22. The van der Waals surface area contributed by atoms with Crippen molar-refractivity contribution in [3.8, 4) is 5.75 Å². The number of Topliss-reactive ketones (excluding diaryl/α,β-unsaturated/α-hetero) is 1. The second-order valence-corrected chi connectivity index (χ2v) is 7.11. The van der Waals surface area contributed by atoms with Crippen LogP contribution < -0.4 is 10.1 Å². The number of amidine groups is 1. The summed E-state index contributed by atoms with van der Waals surface area (Å²) >= 11 is 0. The SMILES string of the molecule is COc1ccccc1C1=N[C@@H](Cc2ccccc2)C(=O)c2c(nc3ccccn23)N1. The quantitative estimate of drug-likeness (QED) is 0.566. The molecular weight excluding hydrogens is 376 g/mol. The number of hydrogen-bond donors (Lipinski definition) is 1. The molecule has 0 saturated heterocycles. The minimum atomic E-state index is -0.582. The van der Waals surface area contributed by atoms with Crippen LogP contribution >= 0.6 is 0 Å². The van der Waals surface area contributed by atoms with Gasteiger partial charge in [-0.3, -0.25) is 14.2 Å². The van der Waals surface area contributed by atoms with E-state index in [9.17, 15) is 4.79 Å². The number of carbonyl (C=O) groups is 1. The van der Waals surface area contributed by atoms with Crippen molar-refractivity contribution in [1.29, 1.82) is 0 Å². The summed E-state index contributed by atoms with van der Waals surface area (Å²) in [7, 11) is 1.62. The molecule has 0 aliphatic carbocycles. The number of imidazole rings is 1. The van der Waals surface area contributed by atoms with Gasteiger partial charge in [-0.15, -0.1) is 0 Å². The molecule has 0 radical (unpaired) electrons. The maximum Gasteiger partial charge on any atom is 0.208 e. The average molecular weight is 396 g/mol. The first kappa shape index (κ1) is 18.1. The Kier molecular flexibility index (Phi) is 4.52. The molecule has 0 spiro atoms. The van der Waals surface area contributed by atoms with E-state index in [1.165, 1.54) is 0 Å². The van der Waals surface area contributed by atoms with Gasteiger partial charge in [0.15, 0.2) is 5.82 Å². The van der Waals surface area contributed by atoms with E-state index in [2.05, 4.69) is 10.3 Å². The average Bonchev–Trinajstić information content (AvgIpc) is 3.10. The summed E-state index contributed by atoms with van der Waals surface area (Å²) in [5.74, 6) is 1.70. The van der Waals surface area contributed by atoms with Crippen LogP contribution in [-0.2, 0) is 6.42 Å². The highest BCUT2D eigenvalue weighted by molar-refractivity contribution is 6.16. The van der Waals surface area contributed by atoms with Crippen molar-refractivity contribution in [3.63, 3.8) is 0 Å². The van der Waals surface area contributed by atoms with Gasteiger partial charge in [0.2, 0.25) is 5.78 Å². The third-order valence-corrected chi connectivity index (χ3v) is 5.22. The zero-order valence-electron chi connectivity index (χ0n) is 16.4. The molecule has 1 aliphatic rings. The molecule has 2 aromatic heterocycles. The summed E-state index contributed by atoms with van der Waals surface area (Å²) in [4.78, 5) is 23.1. The van der Waals surface area contributed by atoms with E-state index >= 15 is 0 Å². The van der Waals surface area contributed by atoms with Gasteiger partial charge in [-0.2, -0.15) is 0 Å². The monoisotopic (exact) mass is 396 g/mol. The Labute approximate surface area is 173 Å². The molecule has 0 amide bonds. The number of aliphatic imine (C=N–C) groups is 1. The number of carbonyl (C=O) groups excluding carboxylic acids is 1. The summed E-state index contributed by atoms with van der Waals surface area (Å²) < 4.78 is 7.36. The number of methoxy groups -OCH3 is 1. The summed E-state index contributed by atoms with van der Waals surface area (Å²) in [6, 6.07) is 22.7. The van der Waals surface area contributed by atoms with Crippen LogP contribution in [0.25, 0.3) is 5.65 Å². The smallest absolute Gasteiger partial charge is 0.208 e. The second kappa shape index (κ2) is 7.48. The predicted octanol–water partition coefficient (Wildman–Crippen LogP) is 4.01. The molecule has 0 bridgehead atoms. The molecule has 1 atom stereocenters. The van der Waals surface area contributed by atoms with Gasteiger partial charge < -0.3 is 10.1 Å². The number of aromatic nitrogens is 2. The van der Waals surface area contributed by atoms with Crippen molar-refractivity contribution in [1.82, 2.24) is 9.38 Å². The fourth-order valence-corrected chi connectivity index (χ4v) is 3.79. The molecule has 0 saturated carbocycles. The number of anilines is 1. The molecule has 148 valence electrons. The van der Waals surface area contributed by atoms with Crippen molar-refractivity contribution in [3.05, 3.63) is 95.8 Å². The summed E-state index contributed by atoms with van der Waals surface area (Å²) in [6.07, 6.45) is 2.36. The third kappa shape index (κ3) is 3.12. The minimum absolute atomic E-state index is 0.0649. The van der Waals surface area contributed by atoms with Crippen LogP contribution in [0.1, 0.15) is 21.6 Å². The molecular formula is C24H20N4O2. The number of nitrogens with one attached hydrogen (secondary N) is 1. The van der Waals surface area contributed by atoms with E-state index in [0.29, 0.717) is 35.2 Å². The molecule has 0 unspecified atom stereocenters. The Morgan fingerprint density at radius 2 is 1.77 bits per heavy atom. The van der Waals surface area contributed by atoms with Crippen LogP contribution in [0.4, 0.5) is 5.82 Å². The molecule has 6 nitrogen and oxygen atoms in total. The first-order chi connectivity index (χ1) is 14.7. The Bertz CT molecular complexity index is 1260. The van der Waals surface area contributed by atoms with Gasteiger partial charge in [-0.05, 0) is 29.8 Å². The van der Waals surface area contributed by atoms with E-state index < -0.39 is 6.04 Å². The Hall–Kier alpha value is -3.93. The maximum absolute atomic E-state index is 13.6. The van der Waals surface area contributed by atoms with E-state index in [0.717, 1.165) is 11.1 Å². The van der Waals surface area contributed by atoms with Crippen molar-refractivity contribution >= 4 is 23.1 Å². The summed E-state index contributed by atoms with van der Waals surface area (Å²) in [6.45, 7) is 0. The first-order valence-corrected chi connectivity index (χ1v) is 9.78. The van der Waals surface area contributed by atoms with Gasteiger partial charge in [0, 0.05) is 12.6 Å². The second-order valence-electron chi connectivity index (χ2n) is 7.11. The lowest BCUT2D eigenvalue weighted by atomic mass is 10.0.